The Bertz CT molecular complexity index is 473. The first kappa shape index (κ1) is 15.9. The quantitative estimate of drug-likeness (QED) is 0.416. The van der Waals surface area contributed by atoms with Gasteiger partial charge in [-0.3, -0.25) is 9.59 Å². The van der Waals surface area contributed by atoms with Gasteiger partial charge in [-0.2, -0.15) is 0 Å². The molecule has 7 nitrogen and oxygen atoms in total. The van der Waals surface area contributed by atoms with Crippen molar-refractivity contribution >= 4 is 11.8 Å². The molecular weight excluding hydrogens is 268 g/mol. The van der Waals surface area contributed by atoms with Crippen molar-refractivity contribution in [3.8, 4) is 11.5 Å². The Kier molecular flexibility index (Phi) is 5.48. The molecule has 7 heteroatoms. The first-order valence-corrected chi connectivity index (χ1v) is 5.84. The minimum absolute atomic E-state index is 0.0645. The minimum atomic E-state index is -1.35. The summed E-state index contributed by atoms with van der Waals surface area (Å²) in [4.78, 5) is 23.5. The van der Waals surface area contributed by atoms with Gasteiger partial charge in [0, 0.05) is 6.07 Å². The Hall–Kier alpha value is -2.12. The van der Waals surface area contributed by atoms with E-state index < -0.39 is 37.0 Å². The van der Waals surface area contributed by atoms with E-state index in [1.165, 1.54) is 0 Å². The van der Waals surface area contributed by atoms with Crippen molar-refractivity contribution < 1.29 is 34.8 Å². The van der Waals surface area contributed by atoms with Crippen LogP contribution in [0.4, 0.5) is 0 Å². The van der Waals surface area contributed by atoms with E-state index in [1.807, 2.05) is 0 Å². The van der Waals surface area contributed by atoms with Gasteiger partial charge in [-0.05, 0) is 24.6 Å². The van der Waals surface area contributed by atoms with E-state index in [1.54, 1.807) is 0 Å². The molecule has 0 saturated heterocycles. The number of rotatable bonds is 6. The lowest BCUT2D eigenvalue weighted by atomic mass is 9.95. The van der Waals surface area contributed by atoms with E-state index in [0.29, 0.717) is 0 Å². The summed E-state index contributed by atoms with van der Waals surface area (Å²) in [7, 11) is 0. The third kappa shape index (κ3) is 3.94. The molecule has 4 N–H and O–H groups in total. The summed E-state index contributed by atoms with van der Waals surface area (Å²) >= 11 is 0. The maximum atomic E-state index is 11.9. The van der Waals surface area contributed by atoms with Crippen molar-refractivity contribution in [2.24, 2.45) is 0 Å². The number of aliphatic hydroxyl groups is 2. The van der Waals surface area contributed by atoms with Crippen LogP contribution in [-0.2, 0) is 14.3 Å². The molecule has 20 heavy (non-hydrogen) atoms. The van der Waals surface area contributed by atoms with Gasteiger partial charge in [-0.25, -0.2) is 0 Å². The number of phenols is 2. The number of hydrogen-bond acceptors (Lipinski definition) is 7. The zero-order chi connectivity index (χ0) is 15.3. The molecular formula is C13H16O7. The molecule has 0 aliphatic rings. The highest BCUT2D eigenvalue weighted by Crippen LogP contribution is 2.27. The molecule has 0 aliphatic heterocycles. The number of aliphatic hydroxyl groups excluding tert-OH is 2. The smallest absolute Gasteiger partial charge is 0.321 e. The second-order valence-corrected chi connectivity index (χ2v) is 4.25. The molecule has 0 aromatic heterocycles. The molecule has 0 amide bonds. The van der Waals surface area contributed by atoms with Crippen LogP contribution in [0.15, 0.2) is 18.2 Å². The first-order chi connectivity index (χ1) is 9.38. The van der Waals surface area contributed by atoms with E-state index in [9.17, 15) is 19.8 Å². The number of hydrogen-bond donors (Lipinski definition) is 4. The molecule has 1 rings (SSSR count). The van der Waals surface area contributed by atoms with E-state index >= 15 is 0 Å². The normalized spacial score (nSPS) is 12.2. The fourth-order valence-electron chi connectivity index (χ4n) is 1.69. The zero-order valence-corrected chi connectivity index (χ0v) is 10.8. The lowest BCUT2D eigenvalue weighted by Crippen LogP contribution is -2.31. The minimum Gasteiger partial charge on any atom is -0.508 e. The van der Waals surface area contributed by atoms with Crippen LogP contribution in [0.25, 0.3) is 0 Å². The van der Waals surface area contributed by atoms with Crippen molar-refractivity contribution in [1.29, 1.82) is 0 Å². The van der Waals surface area contributed by atoms with E-state index in [-0.39, 0.29) is 17.1 Å². The maximum absolute atomic E-state index is 11.9. The molecule has 1 atom stereocenters. The van der Waals surface area contributed by atoms with Crippen molar-refractivity contribution in [2.75, 3.05) is 13.2 Å². The Morgan fingerprint density at radius 3 is 2.00 bits per heavy atom. The standard InChI is InChI=1S/C13H16O7/c1-7(16)12(13(19)20-11(5-14)6-15)8-2-9(17)4-10(18)3-8/h2-4,11-12,14-15,17-18H,5-6H2,1H3. The topological polar surface area (TPSA) is 124 Å². The third-order valence-corrected chi connectivity index (χ3v) is 2.59. The molecule has 0 saturated carbocycles. The SMILES string of the molecule is CC(=O)C(C(=O)OC(CO)CO)c1cc(O)cc(O)c1. The Balaban J connectivity index is 3.05. The highest BCUT2D eigenvalue weighted by molar-refractivity contribution is 6.03. The summed E-state index contributed by atoms with van der Waals surface area (Å²) in [5, 5.41) is 36.5. The van der Waals surface area contributed by atoms with Gasteiger partial charge in [0.1, 0.15) is 29.3 Å². The Labute approximate surface area is 115 Å². The first-order valence-electron chi connectivity index (χ1n) is 5.84. The number of Topliss-reactive ketones (excluding diaryl/α,β-unsaturated/α-hetero) is 1. The second-order valence-electron chi connectivity index (χ2n) is 4.25. The van der Waals surface area contributed by atoms with Gasteiger partial charge in [-0.1, -0.05) is 0 Å². The van der Waals surface area contributed by atoms with Crippen LogP contribution in [-0.4, -0.2) is 51.5 Å². The third-order valence-electron chi connectivity index (χ3n) is 2.59. The molecule has 0 aliphatic carbocycles. The van der Waals surface area contributed by atoms with Crippen LogP contribution >= 0.6 is 0 Å². The fourth-order valence-corrected chi connectivity index (χ4v) is 1.69. The van der Waals surface area contributed by atoms with Crippen molar-refractivity contribution in [3.63, 3.8) is 0 Å². The highest BCUT2D eigenvalue weighted by atomic mass is 16.6. The zero-order valence-electron chi connectivity index (χ0n) is 10.8. The molecule has 0 fully saturated rings. The molecule has 0 bridgehead atoms. The molecule has 110 valence electrons. The summed E-state index contributed by atoms with van der Waals surface area (Å²) in [6.45, 7) is -0.0176. The summed E-state index contributed by atoms with van der Waals surface area (Å²) in [5.74, 6) is -3.50. The van der Waals surface area contributed by atoms with Crippen LogP contribution in [0.1, 0.15) is 18.4 Å². The number of benzene rings is 1. The van der Waals surface area contributed by atoms with Gasteiger partial charge in [0.25, 0.3) is 0 Å². The highest BCUT2D eigenvalue weighted by Gasteiger charge is 2.29. The predicted octanol–water partition coefficient (Wildman–Crippen LogP) is -0.333. The number of esters is 1. The van der Waals surface area contributed by atoms with Gasteiger partial charge < -0.3 is 25.2 Å². The van der Waals surface area contributed by atoms with Gasteiger partial charge >= 0.3 is 5.97 Å². The number of ketones is 1. The van der Waals surface area contributed by atoms with Gasteiger partial charge in [0.05, 0.1) is 13.2 Å². The molecule has 0 heterocycles. The molecule has 0 radical (unpaired) electrons. The fraction of sp³-hybridized carbons (Fsp3) is 0.385. The van der Waals surface area contributed by atoms with Crippen LogP contribution < -0.4 is 0 Å². The van der Waals surface area contributed by atoms with E-state index in [2.05, 4.69) is 0 Å². The van der Waals surface area contributed by atoms with Crippen LogP contribution in [0, 0.1) is 0 Å². The number of carbonyl (C=O) groups is 2. The maximum Gasteiger partial charge on any atom is 0.321 e. The summed E-state index contributed by atoms with van der Waals surface area (Å²) in [5.41, 5.74) is 0.0645. The Morgan fingerprint density at radius 1 is 1.10 bits per heavy atom. The largest absolute Gasteiger partial charge is 0.508 e. The van der Waals surface area contributed by atoms with Crippen LogP contribution in [0.3, 0.4) is 0 Å². The second kappa shape index (κ2) is 6.88. The summed E-state index contributed by atoms with van der Waals surface area (Å²) in [6, 6.07) is 3.36. The predicted molar refractivity (Wildman–Crippen MR) is 67.2 cm³/mol. The number of phenolic OH excluding ortho intramolecular Hbond substituents is 2. The number of ether oxygens (including phenoxy) is 1. The summed E-state index contributed by atoms with van der Waals surface area (Å²) < 4.78 is 4.78. The average Bonchev–Trinajstić information content (AvgIpc) is 2.34. The van der Waals surface area contributed by atoms with E-state index in [4.69, 9.17) is 14.9 Å². The average molecular weight is 284 g/mol. The van der Waals surface area contributed by atoms with Crippen molar-refractivity contribution in [1.82, 2.24) is 0 Å². The summed E-state index contributed by atoms with van der Waals surface area (Å²) in [6.07, 6.45) is -1.13. The van der Waals surface area contributed by atoms with Crippen molar-refractivity contribution in [2.45, 2.75) is 18.9 Å². The van der Waals surface area contributed by atoms with Gasteiger partial charge in [0.2, 0.25) is 0 Å². The monoisotopic (exact) mass is 284 g/mol. The van der Waals surface area contributed by atoms with Crippen molar-refractivity contribution in [3.05, 3.63) is 23.8 Å². The molecule has 1 aromatic carbocycles. The molecule has 0 spiro atoms. The van der Waals surface area contributed by atoms with Crippen LogP contribution in [0.2, 0.25) is 0 Å². The lowest BCUT2D eigenvalue weighted by molar-refractivity contribution is -0.156. The van der Waals surface area contributed by atoms with Gasteiger partial charge in [-0.15, -0.1) is 0 Å². The Morgan fingerprint density at radius 2 is 1.60 bits per heavy atom. The lowest BCUT2D eigenvalue weighted by Gasteiger charge is -2.18. The van der Waals surface area contributed by atoms with Gasteiger partial charge in [0.15, 0.2) is 0 Å². The number of carbonyl (C=O) groups excluding carboxylic acids is 2. The van der Waals surface area contributed by atoms with E-state index in [0.717, 1.165) is 25.1 Å². The molecule has 1 unspecified atom stereocenters. The van der Waals surface area contributed by atoms with Crippen LogP contribution in [0.5, 0.6) is 11.5 Å². The number of aromatic hydroxyl groups is 2. The molecule has 1 aromatic rings.